The van der Waals surface area contributed by atoms with Crippen LogP contribution in [-0.2, 0) is 14.3 Å². The van der Waals surface area contributed by atoms with Crippen LogP contribution in [0.5, 0.6) is 11.5 Å². The topological polar surface area (TPSA) is 65.1 Å². The number of amides is 1. The van der Waals surface area contributed by atoms with Gasteiger partial charge < -0.3 is 19.1 Å². The first-order chi connectivity index (χ1) is 15.0. The number of ketones is 1. The molecule has 6 nitrogen and oxygen atoms in total. The number of benzene rings is 1. The lowest BCUT2D eigenvalue weighted by Gasteiger charge is -2.37. The Morgan fingerprint density at radius 2 is 1.81 bits per heavy atom. The molecule has 4 atom stereocenters. The van der Waals surface area contributed by atoms with Gasteiger partial charge in [0.2, 0.25) is 0 Å². The second kappa shape index (κ2) is 8.93. The third kappa shape index (κ3) is 3.81. The summed E-state index contributed by atoms with van der Waals surface area (Å²) in [5.41, 5.74) is 1.39. The van der Waals surface area contributed by atoms with Crippen molar-refractivity contribution < 1.29 is 23.8 Å². The second-order valence-electron chi connectivity index (χ2n) is 8.76. The average molecular weight is 428 g/mol. The highest BCUT2D eigenvalue weighted by atomic mass is 16.5. The fourth-order valence-corrected chi connectivity index (χ4v) is 5.18. The van der Waals surface area contributed by atoms with Crippen molar-refractivity contribution in [1.29, 1.82) is 0 Å². The molecule has 0 N–H and O–H groups in total. The van der Waals surface area contributed by atoms with Gasteiger partial charge in [-0.05, 0) is 63.1 Å². The molecule has 0 aromatic heterocycles. The first-order valence-corrected chi connectivity index (χ1v) is 11.7. The molecule has 0 radical (unpaired) electrons. The van der Waals surface area contributed by atoms with E-state index in [4.69, 9.17) is 14.2 Å². The predicted molar refractivity (Wildman–Crippen MR) is 117 cm³/mol. The molecule has 168 valence electrons. The van der Waals surface area contributed by atoms with E-state index < -0.39 is 6.04 Å². The van der Waals surface area contributed by atoms with Gasteiger partial charge >= 0.3 is 0 Å². The normalized spacial score (nSPS) is 27.7. The molecule has 31 heavy (non-hydrogen) atoms. The van der Waals surface area contributed by atoms with Crippen LogP contribution in [0, 0.1) is 11.8 Å². The molecule has 0 spiro atoms. The van der Waals surface area contributed by atoms with Gasteiger partial charge in [0.1, 0.15) is 6.10 Å². The summed E-state index contributed by atoms with van der Waals surface area (Å²) in [6.45, 7) is 9.68. The van der Waals surface area contributed by atoms with Crippen molar-refractivity contribution in [2.24, 2.45) is 11.8 Å². The van der Waals surface area contributed by atoms with E-state index in [-0.39, 0.29) is 29.5 Å². The number of carbonyl (C=O) groups excluding carboxylic acids is 2. The summed E-state index contributed by atoms with van der Waals surface area (Å²) < 4.78 is 17.7. The number of fused-ring (bicyclic) bond motifs is 1. The summed E-state index contributed by atoms with van der Waals surface area (Å²) in [4.78, 5) is 28.8. The van der Waals surface area contributed by atoms with Crippen LogP contribution in [-0.4, -0.2) is 42.5 Å². The number of hydrogen-bond donors (Lipinski definition) is 0. The molecule has 0 bridgehead atoms. The van der Waals surface area contributed by atoms with Gasteiger partial charge in [0, 0.05) is 6.54 Å². The molecule has 6 heteroatoms. The minimum Gasteiger partial charge on any atom is -0.490 e. The average Bonchev–Trinajstić information content (AvgIpc) is 3.03. The minimum absolute atomic E-state index is 0.0848. The molecule has 2 aliphatic heterocycles. The summed E-state index contributed by atoms with van der Waals surface area (Å²) in [6, 6.07) is 5.28. The Bertz CT molecular complexity index is 892. The third-order valence-electron chi connectivity index (χ3n) is 6.55. The zero-order valence-corrected chi connectivity index (χ0v) is 19.0. The Balaban J connectivity index is 1.77. The minimum atomic E-state index is -0.442. The highest BCUT2D eigenvalue weighted by molar-refractivity contribution is 6.11. The first kappa shape index (κ1) is 21.7. The maximum Gasteiger partial charge on any atom is 0.290 e. The standard InChI is InChI=1S/C25H33NO5/c1-5-12-26-22(16-9-11-19(29-6-2)20(14-16)30-7-3)21-23(27)17-13-15(4)8-10-18(17)31-24(21)25(26)28/h9,11,14-15,17-18,22H,5-8,10,12-13H2,1-4H3. The number of Topliss-reactive ketones (excluding diaryl/α,β-unsaturated/α-hetero) is 1. The lowest BCUT2D eigenvalue weighted by molar-refractivity contribution is -0.136. The maximum atomic E-state index is 13.7. The van der Waals surface area contributed by atoms with Gasteiger partial charge in [0.15, 0.2) is 23.0 Å². The maximum absolute atomic E-state index is 13.7. The number of ether oxygens (including phenoxy) is 3. The summed E-state index contributed by atoms with van der Waals surface area (Å²) >= 11 is 0. The molecular weight excluding hydrogens is 394 g/mol. The molecule has 0 saturated heterocycles. The van der Waals surface area contributed by atoms with E-state index >= 15 is 0 Å². The van der Waals surface area contributed by atoms with Gasteiger partial charge in [-0.2, -0.15) is 0 Å². The molecular formula is C25H33NO5. The van der Waals surface area contributed by atoms with Gasteiger partial charge in [0.25, 0.3) is 5.91 Å². The van der Waals surface area contributed by atoms with E-state index in [0.29, 0.717) is 42.7 Å². The van der Waals surface area contributed by atoms with Crippen LogP contribution in [0.15, 0.2) is 29.5 Å². The van der Waals surface area contributed by atoms with Crippen LogP contribution in [0.4, 0.5) is 0 Å². The molecule has 2 heterocycles. The fraction of sp³-hybridized carbons (Fsp3) is 0.600. The number of nitrogens with zero attached hydrogens (tertiary/aromatic N) is 1. The van der Waals surface area contributed by atoms with Crippen molar-refractivity contribution in [1.82, 2.24) is 4.90 Å². The van der Waals surface area contributed by atoms with E-state index in [1.807, 2.05) is 39.0 Å². The largest absolute Gasteiger partial charge is 0.490 e. The molecule has 1 aromatic rings. The van der Waals surface area contributed by atoms with Crippen LogP contribution in [0.25, 0.3) is 0 Å². The summed E-state index contributed by atoms with van der Waals surface area (Å²) in [5.74, 6) is 1.82. The van der Waals surface area contributed by atoms with Crippen molar-refractivity contribution >= 4 is 11.7 Å². The quantitative estimate of drug-likeness (QED) is 0.644. The molecule has 1 aromatic carbocycles. The molecule has 4 unspecified atom stereocenters. The van der Waals surface area contributed by atoms with Crippen LogP contribution < -0.4 is 9.47 Å². The summed E-state index contributed by atoms with van der Waals surface area (Å²) in [5, 5.41) is 0. The van der Waals surface area contributed by atoms with E-state index in [1.54, 1.807) is 4.90 Å². The van der Waals surface area contributed by atoms with Crippen molar-refractivity contribution in [2.75, 3.05) is 19.8 Å². The lowest BCUT2D eigenvalue weighted by Crippen LogP contribution is -2.41. The highest BCUT2D eigenvalue weighted by Crippen LogP contribution is 2.48. The van der Waals surface area contributed by atoms with E-state index in [0.717, 1.165) is 31.2 Å². The molecule has 3 aliphatic rings. The molecule has 1 saturated carbocycles. The Kier molecular flexibility index (Phi) is 6.26. The zero-order valence-electron chi connectivity index (χ0n) is 19.0. The first-order valence-electron chi connectivity index (χ1n) is 11.7. The van der Waals surface area contributed by atoms with E-state index in [1.165, 1.54) is 0 Å². The van der Waals surface area contributed by atoms with Crippen molar-refractivity contribution in [3.8, 4) is 11.5 Å². The molecule has 1 aliphatic carbocycles. The molecule has 1 fully saturated rings. The third-order valence-corrected chi connectivity index (χ3v) is 6.55. The Hall–Kier alpha value is -2.50. The Morgan fingerprint density at radius 1 is 1.06 bits per heavy atom. The van der Waals surface area contributed by atoms with Gasteiger partial charge in [0.05, 0.1) is 30.7 Å². The zero-order chi connectivity index (χ0) is 22.1. The summed E-state index contributed by atoms with van der Waals surface area (Å²) in [7, 11) is 0. The van der Waals surface area contributed by atoms with Gasteiger partial charge in [-0.25, -0.2) is 0 Å². The van der Waals surface area contributed by atoms with E-state index in [2.05, 4.69) is 6.92 Å². The van der Waals surface area contributed by atoms with Crippen LogP contribution in [0.3, 0.4) is 0 Å². The van der Waals surface area contributed by atoms with Crippen molar-refractivity contribution in [2.45, 2.75) is 65.5 Å². The molecule has 4 rings (SSSR count). The summed E-state index contributed by atoms with van der Waals surface area (Å²) in [6.07, 6.45) is 3.31. The SMILES string of the molecule is CCCN1C(=O)C2=C(C(=O)C3CC(C)CCC3O2)C1c1ccc(OCC)c(OCC)c1. The Morgan fingerprint density at radius 3 is 2.52 bits per heavy atom. The monoisotopic (exact) mass is 427 g/mol. The smallest absolute Gasteiger partial charge is 0.290 e. The van der Waals surface area contributed by atoms with Crippen molar-refractivity contribution in [3.63, 3.8) is 0 Å². The van der Waals surface area contributed by atoms with Gasteiger partial charge in [-0.15, -0.1) is 0 Å². The van der Waals surface area contributed by atoms with Gasteiger partial charge in [-0.3, -0.25) is 9.59 Å². The fourth-order valence-electron chi connectivity index (χ4n) is 5.18. The van der Waals surface area contributed by atoms with Crippen LogP contribution in [0.2, 0.25) is 0 Å². The van der Waals surface area contributed by atoms with Crippen LogP contribution >= 0.6 is 0 Å². The van der Waals surface area contributed by atoms with Gasteiger partial charge in [-0.1, -0.05) is 19.9 Å². The number of rotatable bonds is 7. The van der Waals surface area contributed by atoms with Crippen LogP contribution in [0.1, 0.15) is 65.0 Å². The second-order valence-corrected chi connectivity index (χ2v) is 8.76. The highest BCUT2D eigenvalue weighted by Gasteiger charge is 2.52. The lowest BCUT2D eigenvalue weighted by atomic mass is 9.74. The van der Waals surface area contributed by atoms with E-state index in [9.17, 15) is 9.59 Å². The van der Waals surface area contributed by atoms with Crippen molar-refractivity contribution in [3.05, 3.63) is 35.1 Å². The Labute approximate surface area is 184 Å². The number of carbonyl (C=O) groups is 2. The number of hydrogen-bond acceptors (Lipinski definition) is 5. The molecule has 1 amide bonds. The predicted octanol–water partition coefficient (Wildman–Crippen LogP) is 4.44.